The second kappa shape index (κ2) is 7.53. The van der Waals surface area contributed by atoms with Crippen molar-refractivity contribution in [2.75, 3.05) is 13.1 Å². The molecule has 2 saturated heterocycles. The number of halogens is 1. The standard InChI is InChI=1S/C21H30BFN2O5/c1-19(2,3)28-18(27)25-11-14(12-25)24-17(26)15-9-8-13(10-16(15)23)22-29-20(4,5)21(6,7)30-22/h8-10,14H,11-12H2,1-7H3,(H,24,26). The first-order valence-electron chi connectivity index (χ1n) is 10.1. The Morgan fingerprint density at radius 3 is 2.23 bits per heavy atom. The Balaban J connectivity index is 1.58. The maximum atomic E-state index is 14.6. The normalized spacial score (nSPS) is 20.7. The number of rotatable bonds is 3. The van der Waals surface area contributed by atoms with E-state index >= 15 is 0 Å². The summed E-state index contributed by atoms with van der Waals surface area (Å²) in [5, 5.41) is 2.75. The molecule has 3 rings (SSSR count). The van der Waals surface area contributed by atoms with Crippen molar-refractivity contribution >= 4 is 24.6 Å². The summed E-state index contributed by atoms with van der Waals surface area (Å²) < 4.78 is 31.8. The number of likely N-dealkylation sites (tertiary alicyclic amines) is 1. The third-order valence-electron chi connectivity index (χ3n) is 5.63. The van der Waals surface area contributed by atoms with Crippen LogP contribution in [0.25, 0.3) is 0 Å². The van der Waals surface area contributed by atoms with E-state index in [0.29, 0.717) is 18.6 Å². The van der Waals surface area contributed by atoms with Crippen LogP contribution < -0.4 is 10.8 Å². The topological polar surface area (TPSA) is 77.1 Å². The van der Waals surface area contributed by atoms with E-state index in [1.165, 1.54) is 17.0 Å². The average Bonchev–Trinajstić information content (AvgIpc) is 2.76. The van der Waals surface area contributed by atoms with Crippen molar-refractivity contribution in [3.8, 4) is 0 Å². The van der Waals surface area contributed by atoms with Crippen molar-refractivity contribution in [1.82, 2.24) is 10.2 Å². The van der Waals surface area contributed by atoms with Crippen LogP contribution >= 0.6 is 0 Å². The van der Waals surface area contributed by atoms with Crippen LogP contribution in [0.1, 0.15) is 58.8 Å². The molecule has 0 aliphatic carbocycles. The fraction of sp³-hybridized carbons (Fsp3) is 0.619. The molecule has 2 aliphatic heterocycles. The molecule has 9 heteroatoms. The average molecular weight is 420 g/mol. The maximum absolute atomic E-state index is 14.6. The van der Waals surface area contributed by atoms with Gasteiger partial charge in [-0.15, -0.1) is 0 Å². The Bertz CT molecular complexity index is 830. The van der Waals surface area contributed by atoms with Crippen LogP contribution in [0.3, 0.4) is 0 Å². The Morgan fingerprint density at radius 1 is 1.17 bits per heavy atom. The van der Waals surface area contributed by atoms with Gasteiger partial charge < -0.3 is 24.3 Å². The summed E-state index contributed by atoms with van der Waals surface area (Å²) in [7, 11) is -0.698. The molecule has 0 spiro atoms. The predicted octanol–water partition coefficient (Wildman–Crippen LogP) is 2.47. The molecule has 1 aromatic rings. The van der Waals surface area contributed by atoms with E-state index in [1.54, 1.807) is 26.8 Å². The van der Waals surface area contributed by atoms with Gasteiger partial charge in [-0.2, -0.15) is 0 Å². The maximum Gasteiger partial charge on any atom is 0.494 e. The second-order valence-electron chi connectivity index (χ2n) is 9.88. The van der Waals surface area contributed by atoms with Crippen molar-refractivity contribution < 1.29 is 28.0 Å². The van der Waals surface area contributed by atoms with Crippen molar-refractivity contribution in [2.24, 2.45) is 0 Å². The number of hydrogen-bond donors (Lipinski definition) is 1. The van der Waals surface area contributed by atoms with E-state index in [-0.39, 0.29) is 11.6 Å². The highest BCUT2D eigenvalue weighted by molar-refractivity contribution is 6.62. The summed E-state index contributed by atoms with van der Waals surface area (Å²) in [5.74, 6) is -1.18. The monoisotopic (exact) mass is 420 g/mol. The molecular weight excluding hydrogens is 390 g/mol. The van der Waals surface area contributed by atoms with Crippen molar-refractivity contribution in [2.45, 2.75) is 71.3 Å². The quantitative estimate of drug-likeness (QED) is 0.761. The first-order chi connectivity index (χ1) is 13.7. The highest BCUT2D eigenvalue weighted by atomic mass is 19.1. The number of amides is 2. The zero-order valence-electron chi connectivity index (χ0n) is 18.7. The van der Waals surface area contributed by atoms with Gasteiger partial charge in [-0.3, -0.25) is 4.79 Å². The zero-order valence-corrected chi connectivity index (χ0v) is 18.7. The van der Waals surface area contributed by atoms with Gasteiger partial charge in [0.05, 0.1) is 22.8 Å². The van der Waals surface area contributed by atoms with Gasteiger partial charge in [0.25, 0.3) is 5.91 Å². The molecule has 1 aromatic carbocycles. The first kappa shape index (κ1) is 22.6. The van der Waals surface area contributed by atoms with Crippen LogP contribution in [0.5, 0.6) is 0 Å². The number of ether oxygens (including phenoxy) is 1. The number of nitrogens with one attached hydrogen (secondary N) is 1. The van der Waals surface area contributed by atoms with E-state index in [2.05, 4.69) is 5.32 Å². The van der Waals surface area contributed by atoms with Gasteiger partial charge in [-0.1, -0.05) is 6.07 Å². The fourth-order valence-corrected chi connectivity index (χ4v) is 3.15. The molecule has 2 heterocycles. The van der Waals surface area contributed by atoms with Crippen molar-refractivity contribution in [1.29, 1.82) is 0 Å². The summed E-state index contributed by atoms with van der Waals surface area (Å²) in [6.45, 7) is 13.7. The van der Waals surface area contributed by atoms with E-state index in [4.69, 9.17) is 14.0 Å². The molecule has 164 valence electrons. The summed E-state index contributed by atoms with van der Waals surface area (Å²) in [5.41, 5.74) is -1.19. The second-order valence-corrected chi connectivity index (χ2v) is 9.88. The van der Waals surface area contributed by atoms with E-state index in [1.807, 2.05) is 27.7 Å². The van der Waals surface area contributed by atoms with Gasteiger partial charge in [0.15, 0.2) is 0 Å². The van der Waals surface area contributed by atoms with Crippen molar-refractivity contribution in [3.05, 3.63) is 29.6 Å². The van der Waals surface area contributed by atoms with E-state index in [9.17, 15) is 14.0 Å². The highest BCUT2D eigenvalue weighted by Gasteiger charge is 2.51. The van der Waals surface area contributed by atoms with Gasteiger partial charge in [0, 0.05) is 13.1 Å². The van der Waals surface area contributed by atoms with Gasteiger partial charge in [-0.25, -0.2) is 9.18 Å². The van der Waals surface area contributed by atoms with Gasteiger partial charge in [0.2, 0.25) is 0 Å². The number of hydrogen-bond acceptors (Lipinski definition) is 5. The van der Waals surface area contributed by atoms with E-state index in [0.717, 1.165) is 0 Å². The lowest BCUT2D eigenvalue weighted by Gasteiger charge is -2.39. The molecule has 0 radical (unpaired) electrons. The van der Waals surface area contributed by atoms with Crippen molar-refractivity contribution in [3.63, 3.8) is 0 Å². The number of nitrogens with zero attached hydrogens (tertiary/aromatic N) is 1. The Hall–Kier alpha value is -2.13. The molecule has 1 N–H and O–H groups in total. The lowest BCUT2D eigenvalue weighted by atomic mass is 9.78. The lowest BCUT2D eigenvalue weighted by molar-refractivity contribution is 0.00530. The molecular formula is C21H30BFN2O5. The molecule has 0 aromatic heterocycles. The summed E-state index contributed by atoms with van der Waals surface area (Å²) in [4.78, 5) is 25.9. The largest absolute Gasteiger partial charge is 0.494 e. The van der Waals surface area contributed by atoms with Gasteiger partial charge in [0.1, 0.15) is 11.4 Å². The smallest absolute Gasteiger partial charge is 0.444 e. The van der Waals surface area contributed by atoms with Crippen LogP contribution in [-0.4, -0.2) is 60.0 Å². The highest BCUT2D eigenvalue weighted by Crippen LogP contribution is 2.36. The number of carbonyl (C=O) groups excluding carboxylic acids is 2. The van der Waals surface area contributed by atoms with Crippen LogP contribution in [0.4, 0.5) is 9.18 Å². The van der Waals surface area contributed by atoms with Crippen LogP contribution in [0.15, 0.2) is 18.2 Å². The summed E-state index contributed by atoms with van der Waals surface area (Å²) in [6, 6.07) is 4.08. The SMILES string of the molecule is CC(C)(C)OC(=O)N1CC(NC(=O)c2ccc(B3OC(C)(C)C(C)(C)O3)cc2F)C1. The minimum Gasteiger partial charge on any atom is -0.444 e. The van der Waals surface area contributed by atoms with Crippen LogP contribution in [0.2, 0.25) is 0 Å². The Morgan fingerprint density at radius 2 is 1.73 bits per heavy atom. The molecule has 0 bridgehead atoms. The molecule has 7 nitrogen and oxygen atoms in total. The molecule has 2 aliphatic rings. The minimum atomic E-state index is -0.698. The summed E-state index contributed by atoms with van der Waals surface area (Å²) in [6.07, 6.45) is -0.425. The molecule has 0 unspecified atom stereocenters. The number of carbonyl (C=O) groups is 2. The molecule has 2 amide bonds. The van der Waals surface area contributed by atoms with Gasteiger partial charge in [-0.05, 0) is 66.1 Å². The molecule has 0 atom stereocenters. The fourth-order valence-electron chi connectivity index (χ4n) is 3.15. The Kier molecular flexibility index (Phi) is 5.66. The minimum absolute atomic E-state index is 0.0639. The van der Waals surface area contributed by atoms with E-state index < -0.39 is 41.7 Å². The predicted molar refractivity (Wildman–Crippen MR) is 111 cm³/mol. The van der Waals surface area contributed by atoms with Crippen LogP contribution in [0, 0.1) is 5.82 Å². The number of benzene rings is 1. The zero-order chi connectivity index (χ0) is 22.5. The molecule has 30 heavy (non-hydrogen) atoms. The van der Waals surface area contributed by atoms with Crippen LogP contribution in [-0.2, 0) is 14.0 Å². The van der Waals surface area contributed by atoms with Gasteiger partial charge >= 0.3 is 13.2 Å². The molecule has 0 saturated carbocycles. The molecule has 2 fully saturated rings. The lowest BCUT2D eigenvalue weighted by Crippen LogP contribution is -2.61. The first-order valence-corrected chi connectivity index (χ1v) is 10.1. The Labute approximate surface area is 177 Å². The third kappa shape index (κ3) is 4.62. The third-order valence-corrected chi connectivity index (χ3v) is 5.63. The summed E-state index contributed by atoms with van der Waals surface area (Å²) >= 11 is 0.